The summed E-state index contributed by atoms with van der Waals surface area (Å²) in [5.74, 6) is 0. The summed E-state index contributed by atoms with van der Waals surface area (Å²) in [6, 6.07) is 7.40. The van der Waals surface area contributed by atoms with Crippen molar-refractivity contribution >= 4 is 17.3 Å². The number of benzene rings is 1. The van der Waals surface area contributed by atoms with Crippen molar-refractivity contribution in [3.63, 3.8) is 0 Å². The van der Waals surface area contributed by atoms with E-state index in [1.807, 2.05) is 11.8 Å². The van der Waals surface area contributed by atoms with Gasteiger partial charge in [-0.25, -0.2) is 0 Å². The third kappa shape index (κ3) is 2.71. The third-order valence-corrected chi connectivity index (χ3v) is 3.33. The molecule has 1 unspecified atom stereocenters. The minimum absolute atomic E-state index is 0.544. The van der Waals surface area contributed by atoms with Crippen molar-refractivity contribution in [3.8, 4) is 6.07 Å². The molecule has 1 aromatic rings. The zero-order valence-electron chi connectivity index (χ0n) is 9.78. The molecule has 1 fully saturated rings. The molecule has 0 spiro atoms. The van der Waals surface area contributed by atoms with Crippen LogP contribution in [0.3, 0.4) is 0 Å². The summed E-state index contributed by atoms with van der Waals surface area (Å²) >= 11 is 5.97. The van der Waals surface area contributed by atoms with Gasteiger partial charge in [0.05, 0.1) is 16.9 Å². The Morgan fingerprint density at radius 1 is 1.53 bits per heavy atom. The van der Waals surface area contributed by atoms with Crippen LogP contribution in [-0.4, -0.2) is 23.8 Å². The van der Waals surface area contributed by atoms with Gasteiger partial charge in [0, 0.05) is 18.1 Å². The van der Waals surface area contributed by atoms with Gasteiger partial charge in [0.25, 0.3) is 0 Å². The molecule has 0 aliphatic carbocycles. The number of nitrogens with zero attached hydrogens (tertiary/aromatic N) is 2. The van der Waals surface area contributed by atoms with Gasteiger partial charge in [0.15, 0.2) is 0 Å². The second-order valence-corrected chi connectivity index (χ2v) is 5.23. The van der Waals surface area contributed by atoms with Crippen molar-refractivity contribution < 1.29 is 5.11 Å². The Bertz CT molecular complexity index is 465. The quantitative estimate of drug-likeness (QED) is 0.833. The lowest BCUT2D eigenvalue weighted by Gasteiger charge is -2.38. The van der Waals surface area contributed by atoms with Crippen LogP contribution in [0.25, 0.3) is 0 Å². The standard InChI is InChI=1S/C13H15ClN2O/c1-13(17)5-2-6-16(9-13)12-7-11(14)4-3-10(12)8-15/h3-4,7,17H,2,5-6,9H2,1H3. The van der Waals surface area contributed by atoms with Crippen LogP contribution in [0.1, 0.15) is 25.3 Å². The van der Waals surface area contributed by atoms with Gasteiger partial charge in [-0.05, 0) is 38.0 Å². The zero-order chi connectivity index (χ0) is 12.5. The van der Waals surface area contributed by atoms with Crippen LogP contribution in [-0.2, 0) is 0 Å². The summed E-state index contributed by atoms with van der Waals surface area (Å²) in [4.78, 5) is 2.04. The summed E-state index contributed by atoms with van der Waals surface area (Å²) < 4.78 is 0. The summed E-state index contributed by atoms with van der Waals surface area (Å²) in [6.07, 6.45) is 1.72. The van der Waals surface area contributed by atoms with Crippen LogP contribution in [0.5, 0.6) is 0 Å². The molecule has 0 amide bonds. The van der Waals surface area contributed by atoms with Crippen molar-refractivity contribution in [3.05, 3.63) is 28.8 Å². The molecule has 2 rings (SSSR count). The predicted molar refractivity (Wildman–Crippen MR) is 68.2 cm³/mol. The number of β-amino-alcohol motifs (C(OH)–C–C–N with tert-alkyl or cyclic N) is 1. The lowest BCUT2D eigenvalue weighted by molar-refractivity contribution is 0.0449. The molecular weight excluding hydrogens is 236 g/mol. The lowest BCUT2D eigenvalue weighted by atomic mass is 9.94. The number of halogens is 1. The zero-order valence-corrected chi connectivity index (χ0v) is 10.5. The van der Waals surface area contributed by atoms with E-state index >= 15 is 0 Å². The molecule has 1 atom stereocenters. The Morgan fingerprint density at radius 2 is 2.29 bits per heavy atom. The molecule has 4 heteroatoms. The smallest absolute Gasteiger partial charge is 0.101 e. The Kier molecular flexibility index (Phi) is 3.28. The van der Waals surface area contributed by atoms with Crippen LogP contribution >= 0.6 is 11.6 Å². The number of piperidine rings is 1. The van der Waals surface area contributed by atoms with Gasteiger partial charge >= 0.3 is 0 Å². The van der Waals surface area contributed by atoms with Crippen LogP contribution in [0.4, 0.5) is 5.69 Å². The third-order valence-electron chi connectivity index (χ3n) is 3.10. The van der Waals surface area contributed by atoms with Gasteiger partial charge in [0.2, 0.25) is 0 Å². The van der Waals surface area contributed by atoms with E-state index in [1.54, 1.807) is 18.2 Å². The predicted octanol–water partition coefficient (Wildman–Crippen LogP) is 2.56. The number of anilines is 1. The van der Waals surface area contributed by atoms with Gasteiger partial charge in [-0.15, -0.1) is 0 Å². The van der Waals surface area contributed by atoms with Crippen LogP contribution in [0.2, 0.25) is 5.02 Å². The van der Waals surface area contributed by atoms with Gasteiger partial charge in [0.1, 0.15) is 6.07 Å². The minimum atomic E-state index is -0.687. The fourth-order valence-electron chi connectivity index (χ4n) is 2.29. The molecule has 17 heavy (non-hydrogen) atoms. The van der Waals surface area contributed by atoms with Gasteiger partial charge in [-0.3, -0.25) is 0 Å². The first kappa shape index (κ1) is 12.2. The molecule has 1 aromatic carbocycles. The maximum Gasteiger partial charge on any atom is 0.101 e. The average molecular weight is 251 g/mol. The summed E-state index contributed by atoms with van der Waals surface area (Å²) in [5.41, 5.74) is 0.736. The van der Waals surface area contributed by atoms with Crippen molar-refractivity contribution in [2.45, 2.75) is 25.4 Å². The number of rotatable bonds is 1. The molecule has 3 nitrogen and oxygen atoms in total. The molecule has 0 saturated carbocycles. The van der Waals surface area contributed by atoms with Gasteiger partial charge in [-0.1, -0.05) is 11.6 Å². The van der Waals surface area contributed by atoms with E-state index in [0.717, 1.165) is 25.1 Å². The van der Waals surface area contributed by atoms with Gasteiger partial charge in [-0.2, -0.15) is 5.26 Å². The Hall–Kier alpha value is -1.24. The molecule has 90 valence electrons. The molecule has 1 heterocycles. The monoisotopic (exact) mass is 250 g/mol. The number of nitriles is 1. The van der Waals surface area contributed by atoms with E-state index in [0.29, 0.717) is 17.1 Å². The molecule has 1 saturated heterocycles. The first-order chi connectivity index (χ1) is 8.02. The van der Waals surface area contributed by atoms with E-state index in [4.69, 9.17) is 16.9 Å². The molecule has 0 radical (unpaired) electrons. The molecule has 0 aromatic heterocycles. The lowest BCUT2D eigenvalue weighted by Crippen LogP contribution is -2.46. The van der Waals surface area contributed by atoms with Crippen molar-refractivity contribution in [1.82, 2.24) is 0 Å². The molecule has 1 N–H and O–H groups in total. The SMILES string of the molecule is CC1(O)CCCN(c2cc(Cl)ccc2C#N)C1. The van der Waals surface area contributed by atoms with Crippen molar-refractivity contribution in [2.75, 3.05) is 18.0 Å². The average Bonchev–Trinajstić information content (AvgIpc) is 2.27. The normalized spacial score (nSPS) is 24.5. The number of hydrogen-bond donors (Lipinski definition) is 1. The van der Waals surface area contributed by atoms with E-state index in [2.05, 4.69) is 6.07 Å². The van der Waals surface area contributed by atoms with E-state index < -0.39 is 5.60 Å². The van der Waals surface area contributed by atoms with E-state index in [1.165, 1.54) is 0 Å². The highest BCUT2D eigenvalue weighted by Gasteiger charge is 2.29. The Balaban J connectivity index is 2.33. The van der Waals surface area contributed by atoms with Crippen LogP contribution in [0.15, 0.2) is 18.2 Å². The second-order valence-electron chi connectivity index (χ2n) is 4.80. The van der Waals surface area contributed by atoms with E-state index in [9.17, 15) is 5.11 Å². The summed E-state index contributed by atoms with van der Waals surface area (Å²) in [5, 5.41) is 19.8. The summed E-state index contributed by atoms with van der Waals surface area (Å²) in [7, 11) is 0. The molecule has 0 bridgehead atoms. The second kappa shape index (κ2) is 4.56. The number of hydrogen-bond acceptors (Lipinski definition) is 3. The van der Waals surface area contributed by atoms with Crippen molar-refractivity contribution in [1.29, 1.82) is 5.26 Å². The largest absolute Gasteiger partial charge is 0.388 e. The first-order valence-electron chi connectivity index (χ1n) is 5.69. The maximum absolute atomic E-state index is 10.1. The topological polar surface area (TPSA) is 47.3 Å². The molecular formula is C13H15ClN2O. The van der Waals surface area contributed by atoms with E-state index in [-0.39, 0.29) is 0 Å². The van der Waals surface area contributed by atoms with Crippen LogP contribution < -0.4 is 4.90 Å². The van der Waals surface area contributed by atoms with Crippen LogP contribution in [0, 0.1) is 11.3 Å². The number of aliphatic hydroxyl groups is 1. The fourth-order valence-corrected chi connectivity index (χ4v) is 2.45. The maximum atomic E-state index is 10.1. The minimum Gasteiger partial charge on any atom is -0.388 e. The highest BCUT2D eigenvalue weighted by molar-refractivity contribution is 6.30. The fraction of sp³-hybridized carbons (Fsp3) is 0.462. The van der Waals surface area contributed by atoms with Crippen molar-refractivity contribution in [2.24, 2.45) is 0 Å². The Labute approximate surface area is 106 Å². The first-order valence-corrected chi connectivity index (χ1v) is 6.07. The highest BCUT2D eigenvalue weighted by atomic mass is 35.5. The summed E-state index contributed by atoms with van der Waals surface area (Å²) in [6.45, 7) is 3.23. The highest BCUT2D eigenvalue weighted by Crippen LogP contribution is 2.30. The van der Waals surface area contributed by atoms with Gasteiger partial charge < -0.3 is 10.0 Å². The molecule has 1 aliphatic rings. The Morgan fingerprint density at radius 3 is 2.94 bits per heavy atom. The molecule has 1 aliphatic heterocycles.